The van der Waals surface area contributed by atoms with E-state index in [0.717, 1.165) is 9.87 Å². The van der Waals surface area contributed by atoms with E-state index in [4.69, 9.17) is 4.74 Å². The molecule has 0 saturated carbocycles. The van der Waals surface area contributed by atoms with Gasteiger partial charge in [0, 0.05) is 18.8 Å². The lowest BCUT2D eigenvalue weighted by atomic mass is 10.1. The number of aromatic nitrogens is 1. The van der Waals surface area contributed by atoms with Gasteiger partial charge in [-0.2, -0.15) is 0 Å². The number of carbonyl (C=O) groups is 1. The van der Waals surface area contributed by atoms with Crippen molar-refractivity contribution in [2.75, 3.05) is 19.0 Å². The molecule has 1 amide bonds. The van der Waals surface area contributed by atoms with Crippen molar-refractivity contribution in [1.29, 1.82) is 0 Å². The molecule has 1 aliphatic heterocycles. The number of benzene rings is 2. The Kier molecular flexibility index (Phi) is 6.04. The highest BCUT2D eigenvalue weighted by Crippen LogP contribution is 2.36. The van der Waals surface area contributed by atoms with Gasteiger partial charge in [0.25, 0.3) is 15.9 Å². The number of nitrogens with one attached hydrogen (secondary N) is 1. The van der Waals surface area contributed by atoms with Crippen LogP contribution in [0, 0.1) is 0 Å². The molecule has 0 saturated heterocycles. The van der Waals surface area contributed by atoms with Gasteiger partial charge in [0.05, 0.1) is 4.90 Å². The van der Waals surface area contributed by atoms with Gasteiger partial charge in [0.1, 0.15) is 12.4 Å². The number of amides is 1. The van der Waals surface area contributed by atoms with Crippen LogP contribution >= 0.6 is 0 Å². The second kappa shape index (κ2) is 9.07. The van der Waals surface area contributed by atoms with Gasteiger partial charge in [-0.05, 0) is 35.9 Å². The molecule has 0 spiro atoms. The number of likely N-dealkylation sites (N-methyl/N-ethyl adjacent to an activating group) is 1. The van der Waals surface area contributed by atoms with E-state index >= 15 is 0 Å². The maximum atomic E-state index is 13.1. The van der Waals surface area contributed by atoms with Gasteiger partial charge in [-0.1, -0.05) is 54.6 Å². The predicted octanol–water partition coefficient (Wildman–Crippen LogP) is 3.75. The largest absolute Gasteiger partial charge is 0.486 e. The van der Waals surface area contributed by atoms with Crippen molar-refractivity contribution >= 4 is 33.6 Å². The van der Waals surface area contributed by atoms with E-state index in [1.165, 1.54) is 19.3 Å². The van der Waals surface area contributed by atoms with Crippen molar-refractivity contribution < 1.29 is 17.9 Å². The second-order valence-electron chi connectivity index (χ2n) is 6.94. The van der Waals surface area contributed by atoms with Gasteiger partial charge in [-0.25, -0.2) is 13.4 Å². The molecular formula is C24H21N3O4S. The highest BCUT2D eigenvalue weighted by Gasteiger charge is 2.38. The lowest BCUT2D eigenvalue weighted by Gasteiger charge is -2.30. The summed E-state index contributed by atoms with van der Waals surface area (Å²) in [7, 11) is -2.58. The number of pyridine rings is 1. The first-order chi connectivity index (χ1) is 15.5. The number of carbonyl (C=O) groups excluding carboxylic acids is 1. The molecule has 0 aliphatic carbocycles. The third kappa shape index (κ3) is 4.26. The van der Waals surface area contributed by atoms with Gasteiger partial charge in [-0.15, -0.1) is 0 Å². The van der Waals surface area contributed by atoms with Crippen molar-refractivity contribution in [2.24, 2.45) is 0 Å². The van der Waals surface area contributed by atoms with Crippen LogP contribution in [-0.4, -0.2) is 37.3 Å². The lowest BCUT2D eigenvalue weighted by Crippen LogP contribution is -2.37. The fourth-order valence-electron chi connectivity index (χ4n) is 3.30. The van der Waals surface area contributed by atoms with Crippen molar-refractivity contribution in [1.82, 2.24) is 9.29 Å². The Labute approximate surface area is 186 Å². The summed E-state index contributed by atoms with van der Waals surface area (Å²) in [6.45, 7) is 0.146. The third-order valence-corrected chi connectivity index (χ3v) is 6.67. The van der Waals surface area contributed by atoms with E-state index in [1.807, 2.05) is 42.5 Å². The SMILES string of the molecule is CN1C(C(=O)Nc2ccccn2)=C(OCC=Cc2ccccc2)c2ccccc2S1(=O)=O. The molecule has 7 nitrogen and oxygen atoms in total. The Hall–Kier alpha value is -3.91. The van der Waals surface area contributed by atoms with Crippen LogP contribution in [0.1, 0.15) is 11.1 Å². The minimum Gasteiger partial charge on any atom is -0.486 e. The molecule has 0 unspecified atom stereocenters. The average Bonchev–Trinajstić information content (AvgIpc) is 2.81. The minimum absolute atomic E-state index is 0.0823. The van der Waals surface area contributed by atoms with Crippen LogP contribution in [0.4, 0.5) is 5.82 Å². The molecule has 162 valence electrons. The highest BCUT2D eigenvalue weighted by atomic mass is 32.2. The Morgan fingerprint density at radius 3 is 2.50 bits per heavy atom. The Morgan fingerprint density at radius 1 is 1.03 bits per heavy atom. The van der Waals surface area contributed by atoms with E-state index < -0.39 is 15.9 Å². The molecule has 32 heavy (non-hydrogen) atoms. The van der Waals surface area contributed by atoms with Crippen LogP contribution in [0.2, 0.25) is 0 Å². The van der Waals surface area contributed by atoms with Crippen LogP contribution in [0.25, 0.3) is 11.8 Å². The molecule has 4 rings (SSSR count). The first-order valence-corrected chi connectivity index (χ1v) is 11.3. The molecule has 1 N–H and O–H groups in total. The molecule has 1 aromatic heterocycles. The number of anilines is 1. The summed E-state index contributed by atoms with van der Waals surface area (Å²) in [6.07, 6.45) is 5.23. The second-order valence-corrected chi connectivity index (χ2v) is 8.88. The first kappa shape index (κ1) is 21.3. The molecule has 0 atom stereocenters. The van der Waals surface area contributed by atoms with Crippen LogP contribution in [0.5, 0.6) is 0 Å². The Balaban J connectivity index is 1.71. The van der Waals surface area contributed by atoms with Gasteiger partial charge in [0.15, 0.2) is 11.5 Å². The van der Waals surface area contributed by atoms with Gasteiger partial charge >= 0.3 is 0 Å². The zero-order valence-electron chi connectivity index (χ0n) is 17.3. The third-order valence-electron chi connectivity index (χ3n) is 4.86. The predicted molar refractivity (Wildman–Crippen MR) is 123 cm³/mol. The maximum absolute atomic E-state index is 13.1. The van der Waals surface area contributed by atoms with Gasteiger partial charge in [-0.3, -0.25) is 9.10 Å². The maximum Gasteiger partial charge on any atom is 0.277 e. The molecule has 2 aromatic carbocycles. The Morgan fingerprint density at radius 2 is 1.75 bits per heavy atom. The molecular weight excluding hydrogens is 426 g/mol. The average molecular weight is 448 g/mol. The van der Waals surface area contributed by atoms with Crippen LogP contribution in [0.3, 0.4) is 0 Å². The zero-order valence-corrected chi connectivity index (χ0v) is 18.1. The fraction of sp³-hybridized carbons (Fsp3) is 0.0833. The molecule has 2 heterocycles. The number of hydrogen-bond acceptors (Lipinski definition) is 5. The van der Waals surface area contributed by atoms with Crippen molar-refractivity contribution in [3.8, 4) is 0 Å². The highest BCUT2D eigenvalue weighted by molar-refractivity contribution is 7.89. The molecule has 0 bridgehead atoms. The number of ether oxygens (including phenoxy) is 1. The summed E-state index contributed by atoms with van der Waals surface area (Å²) in [4.78, 5) is 17.3. The minimum atomic E-state index is -3.92. The van der Waals surface area contributed by atoms with Crippen LogP contribution in [0.15, 0.2) is 95.7 Å². The standard InChI is InChI=1S/C24H21N3O4S/c1-27-22(24(28)26-21-15-7-8-16-25-21)23(19-13-5-6-14-20(19)32(27,29)30)31-17-9-12-18-10-3-2-4-11-18/h2-16H,17H2,1H3,(H,25,26,28). The van der Waals surface area contributed by atoms with E-state index in [2.05, 4.69) is 10.3 Å². The summed E-state index contributed by atoms with van der Waals surface area (Å²) < 4.78 is 33.0. The quantitative estimate of drug-likeness (QED) is 0.622. The van der Waals surface area contributed by atoms with E-state index in [9.17, 15) is 13.2 Å². The Bertz CT molecular complexity index is 1290. The summed E-state index contributed by atoms with van der Waals surface area (Å²) in [5.41, 5.74) is 1.23. The molecule has 8 heteroatoms. The number of rotatable bonds is 6. The monoisotopic (exact) mass is 447 g/mol. The summed E-state index contributed by atoms with van der Waals surface area (Å²) in [5, 5.41) is 2.64. The number of hydrogen-bond donors (Lipinski definition) is 1. The van der Waals surface area contributed by atoms with E-state index in [1.54, 1.807) is 36.4 Å². The molecule has 0 fully saturated rings. The van der Waals surface area contributed by atoms with E-state index in [-0.39, 0.29) is 23.0 Å². The van der Waals surface area contributed by atoms with Crippen LogP contribution < -0.4 is 5.32 Å². The zero-order chi connectivity index (χ0) is 22.6. The van der Waals surface area contributed by atoms with Gasteiger partial charge in [0.2, 0.25) is 0 Å². The van der Waals surface area contributed by atoms with Gasteiger partial charge < -0.3 is 10.1 Å². The summed E-state index contributed by atoms with van der Waals surface area (Å²) in [5.74, 6) is -0.145. The summed E-state index contributed by atoms with van der Waals surface area (Å²) >= 11 is 0. The molecule has 3 aromatic rings. The lowest BCUT2D eigenvalue weighted by molar-refractivity contribution is -0.113. The molecule has 1 aliphatic rings. The normalized spacial score (nSPS) is 14.8. The fourth-order valence-corrected chi connectivity index (χ4v) is 4.69. The van der Waals surface area contributed by atoms with Crippen molar-refractivity contribution in [2.45, 2.75) is 4.90 Å². The topological polar surface area (TPSA) is 88.6 Å². The van der Waals surface area contributed by atoms with Crippen LogP contribution in [-0.2, 0) is 19.6 Å². The summed E-state index contributed by atoms with van der Waals surface area (Å²) in [6, 6.07) is 21.2. The van der Waals surface area contributed by atoms with Crippen molar-refractivity contribution in [3.63, 3.8) is 0 Å². The van der Waals surface area contributed by atoms with Crippen molar-refractivity contribution in [3.05, 3.63) is 102 Å². The first-order valence-electron chi connectivity index (χ1n) is 9.88. The van der Waals surface area contributed by atoms with E-state index in [0.29, 0.717) is 11.4 Å². The number of sulfonamides is 1. The number of fused-ring (bicyclic) bond motifs is 1. The molecule has 0 radical (unpaired) electrons. The number of nitrogens with zero attached hydrogens (tertiary/aromatic N) is 2. The smallest absolute Gasteiger partial charge is 0.277 e.